The Labute approximate surface area is 166 Å². The number of fused-ring (bicyclic) bond motifs is 1. The summed E-state index contributed by atoms with van der Waals surface area (Å²) < 4.78 is 13.1. The van der Waals surface area contributed by atoms with Crippen LogP contribution in [0.15, 0.2) is 69.3 Å². The second-order valence-corrected chi connectivity index (χ2v) is 7.62. The molecule has 2 aliphatic heterocycles. The Morgan fingerprint density at radius 1 is 1.52 bits per heavy atom. The van der Waals surface area contributed by atoms with Gasteiger partial charge in [-0.05, 0) is 49.4 Å². The molecule has 0 saturated carbocycles. The summed E-state index contributed by atoms with van der Waals surface area (Å²) in [5, 5.41) is 0. The zero-order valence-electron chi connectivity index (χ0n) is 16.2. The van der Waals surface area contributed by atoms with Crippen LogP contribution in [0.5, 0.6) is 0 Å². The number of hydrogen-bond donors (Lipinski definition) is 1. The van der Waals surface area contributed by atoms with Crippen LogP contribution < -0.4 is 5.73 Å². The Morgan fingerprint density at radius 3 is 2.96 bits per heavy atom. The minimum Gasteiger partial charge on any atom is -0.405 e. The van der Waals surface area contributed by atoms with Gasteiger partial charge in [0.1, 0.15) is 12.0 Å². The largest absolute Gasteiger partial charge is 0.405 e. The number of rotatable bonds is 9. The maximum Gasteiger partial charge on any atom is 0.141 e. The Bertz CT molecular complexity index is 716. The summed E-state index contributed by atoms with van der Waals surface area (Å²) in [6.07, 6.45) is 11.2. The molecule has 146 valence electrons. The zero-order valence-corrected chi connectivity index (χ0v) is 17.0. The first-order chi connectivity index (χ1) is 13.0. The lowest BCUT2D eigenvalue weighted by Gasteiger charge is -2.29. The van der Waals surface area contributed by atoms with Crippen molar-refractivity contribution in [1.82, 2.24) is 4.90 Å². The number of aliphatic imine (C=N–C) groups is 2. The first kappa shape index (κ1) is 21.2. The molecule has 2 atom stereocenters. The molecule has 2 heterocycles. The lowest BCUT2D eigenvalue weighted by atomic mass is 9.99. The molecular weight excluding hydrogens is 359 g/mol. The van der Waals surface area contributed by atoms with E-state index in [1.165, 1.54) is 11.9 Å². The van der Waals surface area contributed by atoms with Crippen LogP contribution in [0, 0.1) is 5.92 Å². The van der Waals surface area contributed by atoms with E-state index in [0.717, 1.165) is 41.4 Å². The number of nitrogens with zero attached hydrogens (tertiary/aromatic N) is 3. The van der Waals surface area contributed by atoms with E-state index >= 15 is 0 Å². The number of amidine groups is 1. The summed E-state index contributed by atoms with van der Waals surface area (Å²) in [4.78, 5) is 12.4. The molecule has 0 bridgehead atoms. The Balaban J connectivity index is 2.21. The highest BCUT2D eigenvalue weighted by molar-refractivity contribution is 8.03. The van der Waals surface area contributed by atoms with E-state index in [0.29, 0.717) is 18.9 Å². The molecule has 1 fully saturated rings. The lowest BCUT2D eigenvalue weighted by Crippen LogP contribution is -2.32. The number of hydrogen-bond acceptors (Lipinski definition) is 5. The van der Waals surface area contributed by atoms with Crippen molar-refractivity contribution in [3.8, 4) is 0 Å². The van der Waals surface area contributed by atoms with E-state index in [1.807, 2.05) is 18.4 Å². The topological polar surface area (TPSA) is 54.0 Å². The summed E-state index contributed by atoms with van der Waals surface area (Å²) in [5.41, 5.74) is 8.62. The molecule has 4 nitrogen and oxygen atoms in total. The van der Waals surface area contributed by atoms with Gasteiger partial charge in [0.15, 0.2) is 0 Å². The van der Waals surface area contributed by atoms with Crippen LogP contribution in [0.25, 0.3) is 0 Å². The maximum atomic E-state index is 13.1. The Morgan fingerprint density at radius 2 is 2.30 bits per heavy atom. The molecule has 27 heavy (non-hydrogen) atoms. The van der Waals surface area contributed by atoms with Crippen molar-refractivity contribution in [3.05, 3.63) is 59.3 Å². The van der Waals surface area contributed by atoms with Gasteiger partial charge in [0.25, 0.3) is 0 Å². The quantitative estimate of drug-likeness (QED) is 0.474. The van der Waals surface area contributed by atoms with E-state index in [2.05, 4.69) is 23.1 Å². The minimum atomic E-state index is -0.847. The molecular formula is C21H29FN4S. The number of nitrogens with two attached hydrogens (primary N) is 1. The number of allylic oxidation sites excluding steroid dienone is 4. The van der Waals surface area contributed by atoms with Gasteiger partial charge in [0, 0.05) is 35.8 Å². The van der Waals surface area contributed by atoms with Crippen molar-refractivity contribution in [2.45, 2.75) is 25.9 Å². The first-order valence-electron chi connectivity index (χ1n) is 9.11. The predicted octanol–water partition coefficient (Wildman–Crippen LogP) is 4.25. The van der Waals surface area contributed by atoms with Crippen LogP contribution >= 0.6 is 11.8 Å². The third-order valence-electron chi connectivity index (χ3n) is 4.57. The molecule has 2 N–H and O–H groups in total. The van der Waals surface area contributed by atoms with Gasteiger partial charge in [0.2, 0.25) is 0 Å². The monoisotopic (exact) mass is 388 g/mol. The molecule has 1 saturated heterocycles. The molecule has 0 amide bonds. The normalized spacial score (nSPS) is 21.4. The SMILES string of the molecule is C=C(/C=C\CC(C)F)C1=C2CC(CN=C/C=C\N)CN2C(C(=C)SC)=NC1. The molecule has 0 aromatic carbocycles. The summed E-state index contributed by atoms with van der Waals surface area (Å²) in [6.45, 7) is 12.1. The third kappa shape index (κ3) is 5.70. The zero-order chi connectivity index (χ0) is 19.8. The van der Waals surface area contributed by atoms with Crippen molar-refractivity contribution in [1.29, 1.82) is 0 Å². The van der Waals surface area contributed by atoms with Crippen molar-refractivity contribution >= 4 is 23.8 Å². The number of thioether (sulfide) groups is 1. The van der Waals surface area contributed by atoms with Crippen molar-refractivity contribution in [2.24, 2.45) is 21.6 Å². The molecule has 0 aromatic rings. The summed E-state index contributed by atoms with van der Waals surface area (Å²) in [6, 6.07) is 0. The van der Waals surface area contributed by atoms with Crippen LogP contribution in [0.4, 0.5) is 4.39 Å². The molecule has 6 heteroatoms. The van der Waals surface area contributed by atoms with Gasteiger partial charge >= 0.3 is 0 Å². The highest BCUT2D eigenvalue weighted by atomic mass is 32.2. The summed E-state index contributed by atoms with van der Waals surface area (Å²) in [7, 11) is 0. The van der Waals surface area contributed by atoms with Crippen LogP contribution in [0.3, 0.4) is 0 Å². The van der Waals surface area contributed by atoms with E-state index in [-0.39, 0.29) is 0 Å². The summed E-state index contributed by atoms with van der Waals surface area (Å²) in [5.74, 6) is 1.35. The molecule has 0 spiro atoms. The van der Waals surface area contributed by atoms with Crippen LogP contribution in [0.1, 0.15) is 19.8 Å². The Kier molecular flexibility index (Phi) is 8.10. The van der Waals surface area contributed by atoms with E-state index in [9.17, 15) is 4.39 Å². The second kappa shape index (κ2) is 10.3. The third-order valence-corrected chi connectivity index (χ3v) is 5.24. The van der Waals surface area contributed by atoms with Crippen molar-refractivity contribution in [3.63, 3.8) is 0 Å². The van der Waals surface area contributed by atoms with Gasteiger partial charge in [0.05, 0.1) is 6.54 Å². The van der Waals surface area contributed by atoms with Gasteiger partial charge in [-0.2, -0.15) is 0 Å². The maximum absolute atomic E-state index is 13.1. The van der Waals surface area contributed by atoms with Crippen LogP contribution in [-0.4, -0.2) is 49.0 Å². The van der Waals surface area contributed by atoms with Gasteiger partial charge < -0.3 is 10.6 Å². The van der Waals surface area contributed by atoms with Gasteiger partial charge in [-0.3, -0.25) is 9.98 Å². The van der Waals surface area contributed by atoms with Crippen molar-refractivity contribution < 1.29 is 4.39 Å². The molecule has 2 unspecified atom stereocenters. The fourth-order valence-electron chi connectivity index (χ4n) is 3.21. The Hall–Kier alpha value is -2.08. The van der Waals surface area contributed by atoms with E-state index in [4.69, 9.17) is 10.7 Å². The molecule has 0 aliphatic carbocycles. The van der Waals surface area contributed by atoms with Gasteiger partial charge in [-0.15, -0.1) is 11.8 Å². The van der Waals surface area contributed by atoms with Crippen LogP contribution in [0.2, 0.25) is 0 Å². The molecule has 0 aromatic heterocycles. The molecule has 2 rings (SSSR count). The van der Waals surface area contributed by atoms with Crippen LogP contribution in [-0.2, 0) is 0 Å². The molecule has 0 radical (unpaired) electrons. The highest BCUT2D eigenvalue weighted by Gasteiger charge is 2.34. The van der Waals surface area contributed by atoms with E-state index in [1.54, 1.807) is 31.0 Å². The lowest BCUT2D eigenvalue weighted by molar-refractivity contribution is 0.365. The average Bonchev–Trinajstić information content (AvgIpc) is 3.07. The average molecular weight is 389 g/mol. The molecule has 2 aliphatic rings. The van der Waals surface area contributed by atoms with Gasteiger partial charge in [-0.25, -0.2) is 4.39 Å². The fourth-order valence-corrected chi connectivity index (χ4v) is 3.56. The van der Waals surface area contributed by atoms with Gasteiger partial charge in [-0.1, -0.05) is 25.3 Å². The smallest absolute Gasteiger partial charge is 0.141 e. The van der Waals surface area contributed by atoms with Crippen molar-refractivity contribution in [2.75, 3.05) is 25.9 Å². The summed E-state index contributed by atoms with van der Waals surface area (Å²) >= 11 is 1.61. The highest BCUT2D eigenvalue weighted by Crippen LogP contribution is 2.37. The standard InChI is InChI=1S/C21H29FN4S/c1-15(7-5-8-16(2)22)19-13-25-21(17(3)27-4)26-14-18(11-20(19)26)12-24-10-6-9-23/h5-7,9-10,16,18H,1,3,8,11-14,23H2,2,4H3/b7-5-,9-6-,24-10?. The number of alkyl halides is 1. The second-order valence-electron chi connectivity index (χ2n) is 6.72. The minimum absolute atomic E-state index is 0.398. The first-order valence-corrected chi connectivity index (χ1v) is 10.3. The predicted molar refractivity (Wildman–Crippen MR) is 117 cm³/mol. The number of halogens is 1. The van der Waals surface area contributed by atoms with E-state index < -0.39 is 6.17 Å². The fraction of sp³-hybridized carbons (Fsp3) is 0.429.